The summed E-state index contributed by atoms with van der Waals surface area (Å²) in [6.07, 6.45) is -1.20. The van der Waals surface area contributed by atoms with Crippen LogP contribution in [-0.4, -0.2) is 4.98 Å². The van der Waals surface area contributed by atoms with Gasteiger partial charge in [-0.05, 0) is 45.8 Å². The maximum atomic E-state index is 12.7. The predicted molar refractivity (Wildman–Crippen MR) is 75.7 cm³/mol. The van der Waals surface area contributed by atoms with Gasteiger partial charge in [0, 0.05) is 29.1 Å². The summed E-state index contributed by atoms with van der Waals surface area (Å²) < 4.78 is 39.0. The predicted octanol–water partition coefficient (Wildman–Crippen LogP) is 5.13. The number of alkyl halides is 3. The quantitative estimate of drug-likeness (QED) is 0.816. The lowest BCUT2D eigenvalue weighted by Crippen LogP contribution is -2.07. The van der Waals surface area contributed by atoms with Crippen LogP contribution in [0.4, 0.5) is 18.9 Å². The van der Waals surface area contributed by atoms with Gasteiger partial charge in [-0.1, -0.05) is 11.6 Å². The van der Waals surface area contributed by atoms with Crippen LogP contribution in [0.1, 0.15) is 11.1 Å². The highest BCUT2D eigenvalue weighted by Crippen LogP contribution is 2.36. The molecular weight excluding hydrogens is 357 g/mol. The van der Waals surface area contributed by atoms with Gasteiger partial charge in [-0.15, -0.1) is 0 Å². The third kappa shape index (κ3) is 3.86. The Bertz CT molecular complexity index is 617. The van der Waals surface area contributed by atoms with Crippen LogP contribution in [0.5, 0.6) is 0 Å². The number of nitrogens with one attached hydrogen (secondary N) is 1. The van der Waals surface area contributed by atoms with Gasteiger partial charge in [-0.3, -0.25) is 4.98 Å². The Morgan fingerprint density at radius 3 is 2.60 bits per heavy atom. The fourth-order valence-corrected chi connectivity index (χ4v) is 2.25. The van der Waals surface area contributed by atoms with Crippen molar-refractivity contribution in [2.24, 2.45) is 0 Å². The zero-order valence-corrected chi connectivity index (χ0v) is 12.4. The molecule has 0 radical (unpaired) electrons. The van der Waals surface area contributed by atoms with E-state index in [0.717, 1.165) is 16.1 Å². The van der Waals surface area contributed by atoms with Crippen LogP contribution in [0.3, 0.4) is 0 Å². The highest BCUT2D eigenvalue weighted by Gasteiger charge is 2.33. The number of aromatic nitrogens is 1. The average Bonchev–Trinajstić information content (AvgIpc) is 2.36. The Balaban J connectivity index is 2.14. The molecule has 0 spiro atoms. The summed E-state index contributed by atoms with van der Waals surface area (Å²) in [5, 5.41) is 2.60. The Morgan fingerprint density at radius 1 is 1.20 bits per heavy atom. The molecule has 0 unspecified atom stereocenters. The van der Waals surface area contributed by atoms with Crippen molar-refractivity contribution in [2.75, 3.05) is 5.32 Å². The highest BCUT2D eigenvalue weighted by molar-refractivity contribution is 9.10. The molecule has 1 N–H and O–H groups in total. The van der Waals surface area contributed by atoms with E-state index in [1.54, 1.807) is 12.4 Å². The number of hydrogen-bond donors (Lipinski definition) is 1. The normalized spacial score (nSPS) is 11.4. The number of hydrogen-bond acceptors (Lipinski definition) is 2. The summed E-state index contributed by atoms with van der Waals surface area (Å²) in [5.74, 6) is 0. The lowest BCUT2D eigenvalue weighted by molar-refractivity contribution is -0.137. The van der Waals surface area contributed by atoms with Crippen LogP contribution < -0.4 is 5.32 Å². The van der Waals surface area contributed by atoms with Gasteiger partial charge in [0.2, 0.25) is 0 Å². The number of pyridine rings is 1. The minimum Gasteiger partial charge on any atom is -0.381 e. The van der Waals surface area contributed by atoms with E-state index in [0.29, 0.717) is 12.2 Å². The second-order valence-electron chi connectivity index (χ2n) is 4.06. The van der Waals surface area contributed by atoms with E-state index in [4.69, 9.17) is 11.6 Å². The molecule has 0 aliphatic heterocycles. The Morgan fingerprint density at radius 2 is 1.95 bits per heavy atom. The second kappa shape index (κ2) is 6.01. The second-order valence-corrected chi connectivity index (χ2v) is 5.38. The maximum absolute atomic E-state index is 12.7. The highest BCUT2D eigenvalue weighted by atomic mass is 79.9. The molecule has 0 saturated heterocycles. The van der Waals surface area contributed by atoms with Gasteiger partial charge in [0.05, 0.1) is 10.6 Å². The Labute approximate surface area is 127 Å². The van der Waals surface area contributed by atoms with Crippen molar-refractivity contribution in [2.45, 2.75) is 12.7 Å². The molecule has 1 aromatic carbocycles. The fourth-order valence-electron chi connectivity index (χ4n) is 1.61. The molecule has 0 aliphatic carbocycles. The van der Waals surface area contributed by atoms with Crippen molar-refractivity contribution >= 4 is 33.2 Å². The molecular formula is C13H9BrClF3N2. The Kier molecular flexibility index (Phi) is 4.55. The molecule has 106 valence electrons. The van der Waals surface area contributed by atoms with Crippen LogP contribution in [0.2, 0.25) is 5.02 Å². The zero-order chi connectivity index (χ0) is 14.8. The lowest BCUT2D eigenvalue weighted by Gasteiger charge is -2.12. The van der Waals surface area contributed by atoms with E-state index in [1.165, 1.54) is 12.1 Å². The van der Waals surface area contributed by atoms with E-state index in [9.17, 15) is 13.2 Å². The summed E-state index contributed by atoms with van der Waals surface area (Å²) in [7, 11) is 0. The summed E-state index contributed by atoms with van der Waals surface area (Å²) >= 11 is 8.83. The van der Waals surface area contributed by atoms with Gasteiger partial charge in [0.1, 0.15) is 0 Å². The molecule has 1 heterocycles. The topological polar surface area (TPSA) is 24.9 Å². The standard InChI is InChI=1S/C13H9BrClF3N2/c14-9-3-8(5-19-7-9)6-20-10-1-2-12(15)11(4-10)13(16,17)18/h1-5,7,20H,6H2. The first kappa shape index (κ1) is 15.1. The molecule has 0 fully saturated rings. The molecule has 2 aromatic rings. The SMILES string of the molecule is FC(F)(F)c1cc(NCc2cncc(Br)c2)ccc1Cl. The summed E-state index contributed by atoms with van der Waals surface area (Å²) in [5.41, 5.74) is 0.348. The smallest absolute Gasteiger partial charge is 0.381 e. The molecule has 0 bridgehead atoms. The largest absolute Gasteiger partial charge is 0.417 e. The fraction of sp³-hybridized carbons (Fsp3) is 0.154. The monoisotopic (exact) mass is 364 g/mol. The van der Waals surface area contributed by atoms with Crippen LogP contribution in [0.25, 0.3) is 0 Å². The summed E-state index contributed by atoms with van der Waals surface area (Å²) in [4.78, 5) is 3.98. The minimum absolute atomic E-state index is 0.313. The first-order chi connectivity index (χ1) is 9.36. The van der Waals surface area contributed by atoms with Crippen LogP contribution >= 0.6 is 27.5 Å². The maximum Gasteiger partial charge on any atom is 0.417 e. The third-order valence-electron chi connectivity index (χ3n) is 2.53. The summed E-state index contributed by atoms with van der Waals surface area (Å²) in [6, 6.07) is 5.56. The number of anilines is 1. The first-order valence-corrected chi connectivity index (χ1v) is 6.73. The molecule has 20 heavy (non-hydrogen) atoms. The van der Waals surface area contributed by atoms with E-state index >= 15 is 0 Å². The first-order valence-electron chi connectivity index (χ1n) is 5.56. The average molecular weight is 366 g/mol. The van der Waals surface area contributed by atoms with Gasteiger partial charge in [0.15, 0.2) is 0 Å². The number of halogens is 5. The molecule has 2 rings (SSSR count). The van der Waals surface area contributed by atoms with Gasteiger partial charge in [-0.2, -0.15) is 13.2 Å². The molecule has 0 aliphatic rings. The van der Waals surface area contributed by atoms with Crippen molar-refractivity contribution in [3.05, 3.63) is 57.3 Å². The van der Waals surface area contributed by atoms with Gasteiger partial charge < -0.3 is 5.32 Å². The van der Waals surface area contributed by atoms with Gasteiger partial charge in [0.25, 0.3) is 0 Å². The van der Waals surface area contributed by atoms with E-state index in [2.05, 4.69) is 26.2 Å². The van der Waals surface area contributed by atoms with Crippen LogP contribution in [0, 0.1) is 0 Å². The molecule has 7 heteroatoms. The number of nitrogens with zero attached hydrogens (tertiary/aromatic N) is 1. The van der Waals surface area contributed by atoms with Crippen molar-refractivity contribution < 1.29 is 13.2 Å². The minimum atomic E-state index is -4.47. The van der Waals surface area contributed by atoms with E-state index in [-0.39, 0.29) is 5.02 Å². The van der Waals surface area contributed by atoms with Crippen molar-refractivity contribution in [1.29, 1.82) is 0 Å². The van der Waals surface area contributed by atoms with E-state index in [1.807, 2.05) is 6.07 Å². The third-order valence-corrected chi connectivity index (χ3v) is 3.29. The summed E-state index contributed by atoms with van der Waals surface area (Å²) in [6.45, 7) is 0.366. The van der Waals surface area contributed by atoms with Gasteiger partial charge in [-0.25, -0.2) is 0 Å². The molecule has 0 amide bonds. The lowest BCUT2D eigenvalue weighted by atomic mass is 10.2. The van der Waals surface area contributed by atoms with E-state index < -0.39 is 11.7 Å². The molecule has 0 atom stereocenters. The molecule has 2 nitrogen and oxygen atoms in total. The van der Waals surface area contributed by atoms with Crippen LogP contribution in [0.15, 0.2) is 41.1 Å². The van der Waals surface area contributed by atoms with Crippen molar-refractivity contribution in [3.8, 4) is 0 Å². The zero-order valence-electron chi connectivity index (χ0n) is 10.0. The number of rotatable bonds is 3. The number of benzene rings is 1. The van der Waals surface area contributed by atoms with Crippen molar-refractivity contribution in [1.82, 2.24) is 4.98 Å². The molecule has 1 aromatic heterocycles. The van der Waals surface area contributed by atoms with Crippen LogP contribution in [-0.2, 0) is 12.7 Å². The van der Waals surface area contributed by atoms with Gasteiger partial charge >= 0.3 is 6.18 Å². The Hall–Kier alpha value is -1.27. The molecule has 0 saturated carbocycles. The van der Waals surface area contributed by atoms with Crippen molar-refractivity contribution in [3.63, 3.8) is 0 Å².